The van der Waals surface area contributed by atoms with Crippen LogP contribution >= 0.6 is 0 Å². The molecule has 1 atom stereocenters. The van der Waals surface area contributed by atoms with Gasteiger partial charge in [0.25, 0.3) is 5.91 Å². The Labute approximate surface area is 135 Å². The largest absolute Gasteiger partial charge is 0.349 e. The summed E-state index contributed by atoms with van der Waals surface area (Å²) in [5.74, 6) is -0.772. The molecule has 1 saturated heterocycles. The van der Waals surface area contributed by atoms with Crippen LogP contribution in [0.5, 0.6) is 0 Å². The van der Waals surface area contributed by atoms with Crippen LogP contribution in [0.1, 0.15) is 44.1 Å². The summed E-state index contributed by atoms with van der Waals surface area (Å²) in [4.78, 5) is 21.0. The van der Waals surface area contributed by atoms with Crippen molar-refractivity contribution in [2.75, 3.05) is 13.2 Å². The first kappa shape index (κ1) is 15.9. The highest BCUT2D eigenvalue weighted by atomic mass is 16.7. The first-order chi connectivity index (χ1) is 10.9. The van der Waals surface area contributed by atoms with Gasteiger partial charge in [-0.2, -0.15) is 0 Å². The third-order valence-electron chi connectivity index (χ3n) is 3.79. The number of hydrogen-bond donors (Lipinski definition) is 1. The smallest absolute Gasteiger partial charge is 0.253 e. The van der Waals surface area contributed by atoms with Crippen LogP contribution in [-0.2, 0) is 9.47 Å². The van der Waals surface area contributed by atoms with Crippen LogP contribution in [0.15, 0.2) is 18.6 Å². The van der Waals surface area contributed by atoms with E-state index in [1.807, 2.05) is 18.4 Å². The van der Waals surface area contributed by atoms with Gasteiger partial charge in [0.2, 0.25) is 0 Å². The van der Waals surface area contributed by atoms with Gasteiger partial charge >= 0.3 is 0 Å². The fourth-order valence-electron chi connectivity index (χ4n) is 2.59. The Balaban J connectivity index is 1.67. The molecular weight excluding hydrogens is 296 g/mol. The molecule has 3 rings (SSSR count). The van der Waals surface area contributed by atoms with Gasteiger partial charge < -0.3 is 19.4 Å². The van der Waals surface area contributed by atoms with E-state index in [1.54, 1.807) is 18.6 Å². The fraction of sp³-hybridized carbons (Fsp3) is 0.562. The number of carbonyl (C=O) groups is 1. The van der Waals surface area contributed by atoms with Crippen LogP contribution in [0.25, 0.3) is 11.2 Å². The lowest BCUT2D eigenvalue weighted by Crippen LogP contribution is -2.34. The Kier molecular flexibility index (Phi) is 4.08. The average Bonchev–Trinajstić information content (AvgIpc) is 3.07. The third kappa shape index (κ3) is 3.35. The average molecular weight is 318 g/mol. The molecule has 23 heavy (non-hydrogen) atoms. The molecule has 0 radical (unpaired) electrons. The van der Waals surface area contributed by atoms with Crippen LogP contribution in [-0.4, -0.2) is 45.5 Å². The SMILES string of the molecule is CC(C)n1cnc2cc(C(=O)NCC3COC(C)(C)O3)cnc21. The van der Waals surface area contributed by atoms with Gasteiger partial charge in [0.05, 0.1) is 18.5 Å². The Morgan fingerprint density at radius 3 is 2.91 bits per heavy atom. The summed E-state index contributed by atoms with van der Waals surface area (Å²) in [6, 6.07) is 2.03. The van der Waals surface area contributed by atoms with Crippen molar-refractivity contribution in [2.45, 2.75) is 45.6 Å². The van der Waals surface area contributed by atoms with Gasteiger partial charge in [-0.1, -0.05) is 0 Å². The van der Waals surface area contributed by atoms with Crippen LogP contribution in [0.2, 0.25) is 0 Å². The number of ether oxygens (including phenoxy) is 2. The van der Waals surface area contributed by atoms with E-state index in [0.717, 1.165) is 5.65 Å². The molecule has 2 aromatic rings. The summed E-state index contributed by atoms with van der Waals surface area (Å²) >= 11 is 0. The Hall–Kier alpha value is -1.99. The highest BCUT2D eigenvalue weighted by Crippen LogP contribution is 2.22. The van der Waals surface area contributed by atoms with E-state index in [4.69, 9.17) is 9.47 Å². The number of nitrogens with one attached hydrogen (secondary N) is 1. The molecule has 1 aliphatic rings. The Morgan fingerprint density at radius 2 is 2.26 bits per heavy atom. The van der Waals surface area contributed by atoms with Crippen LogP contribution < -0.4 is 5.32 Å². The van der Waals surface area contributed by atoms with Crippen LogP contribution in [0, 0.1) is 0 Å². The maximum atomic E-state index is 12.3. The van der Waals surface area contributed by atoms with Crippen molar-refractivity contribution in [1.82, 2.24) is 19.9 Å². The van der Waals surface area contributed by atoms with Crippen molar-refractivity contribution < 1.29 is 14.3 Å². The molecule has 7 nitrogen and oxygen atoms in total. The molecule has 1 fully saturated rings. The number of amides is 1. The maximum absolute atomic E-state index is 12.3. The van der Waals surface area contributed by atoms with Crippen molar-refractivity contribution in [3.8, 4) is 0 Å². The second-order valence-corrected chi connectivity index (χ2v) is 6.47. The highest BCUT2D eigenvalue weighted by Gasteiger charge is 2.32. The van der Waals surface area contributed by atoms with E-state index in [-0.39, 0.29) is 18.1 Å². The lowest BCUT2D eigenvalue weighted by Gasteiger charge is -2.17. The first-order valence-electron chi connectivity index (χ1n) is 7.78. The van der Waals surface area contributed by atoms with Crippen molar-refractivity contribution >= 4 is 17.1 Å². The molecular formula is C16H22N4O3. The second-order valence-electron chi connectivity index (χ2n) is 6.47. The lowest BCUT2D eigenvalue weighted by molar-refractivity contribution is -0.137. The lowest BCUT2D eigenvalue weighted by atomic mass is 10.2. The molecule has 0 saturated carbocycles. The number of carbonyl (C=O) groups excluding carboxylic acids is 1. The molecule has 2 aromatic heterocycles. The van der Waals surface area contributed by atoms with Gasteiger partial charge in [0.15, 0.2) is 11.4 Å². The van der Waals surface area contributed by atoms with E-state index in [9.17, 15) is 4.79 Å². The zero-order valence-corrected chi connectivity index (χ0v) is 13.9. The number of fused-ring (bicyclic) bond motifs is 1. The quantitative estimate of drug-likeness (QED) is 0.931. The third-order valence-corrected chi connectivity index (χ3v) is 3.79. The molecule has 3 heterocycles. The topological polar surface area (TPSA) is 78.3 Å². The summed E-state index contributed by atoms with van der Waals surface area (Å²) in [6.07, 6.45) is 3.19. The first-order valence-corrected chi connectivity index (χ1v) is 7.78. The minimum absolute atomic E-state index is 0.134. The van der Waals surface area contributed by atoms with Crippen molar-refractivity contribution in [3.63, 3.8) is 0 Å². The predicted octanol–water partition coefficient (Wildman–Crippen LogP) is 1.89. The molecule has 0 aromatic carbocycles. The van der Waals surface area contributed by atoms with Crippen molar-refractivity contribution in [1.29, 1.82) is 0 Å². The van der Waals surface area contributed by atoms with E-state index in [1.165, 1.54) is 0 Å². The second kappa shape index (κ2) is 5.90. The molecule has 1 amide bonds. The molecule has 0 bridgehead atoms. The minimum atomic E-state index is -0.584. The number of imidazole rings is 1. The number of aromatic nitrogens is 3. The Morgan fingerprint density at radius 1 is 1.48 bits per heavy atom. The summed E-state index contributed by atoms with van der Waals surface area (Å²) in [5, 5.41) is 2.85. The van der Waals surface area contributed by atoms with Gasteiger partial charge in [-0.05, 0) is 33.8 Å². The van der Waals surface area contributed by atoms with E-state index in [2.05, 4.69) is 29.1 Å². The van der Waals surface area contributed by atoms with Gasteiger partial charge in [0.1, 0.15) is 11.6 Å². The fourth-order valence-corrected chi connectivity index (χ4v) is 2.59. The molecule has 1 N–H and O–H groups in total. The number of rotatable bonds is 4. The number of pyridine rings is 1. The van der Waals surface area contributed by atoms with Gasteiger partial charge in [-0.25, -0.2) is 9.97 Å². The molecule has 0 aliphatic carbocycles. The van der Waals surface area contributed by atoms with Gasteiger partial charge in [-0.3, -0.25) is 4.79 Å². The Bertz CT molecular complexity index is 723. The summed E-state index contributed by atoms with van der Waals surface area (Å²) < 4.78 is 13.1. The van der Waals surface area contributed by atoms with Gasteiger partial charge in [-0.15, -0.1) is 0 Å². The summed E-state index contributed by atoms with van der Waals surface area (Å²) in [7, 11) is 0. The standard InChI is InChI=1S/C16H22N4O3/c1-10(2)20-9-19-13-5-11(6-17-14(13)20)15(21)18-7-12-8-22-16(3,4)23-12/h5-6,9-10,12H,7-8H2,1-4H3,(H,18,21). The maximum Gasteiger partial charge on any atom is 0.253 e. The van der Waals surface area contributed by atoms with E-state index in [0.29, 0.717) is 24.2 Å². The number of hydrogen-bond acceptors (Lipinski definition) is 5. The summed E-state index contributed by atoms with van der Waals surface area (Å²) in [5.41, 5.74) is 1.99. The molecule has 1 unspecified atom stereocenters. The van der Waals surface area contributed by atoms with Gasteiger partial charge in [0, 0.05) is 18.8 Å². The molecule has 7 heteroatoms. The molecule has 0 spiro atoms. The highest BCUT2D eigenvalue weighted by molar-refractivity contribution is 5.96. The van der Waals surface area contributed by atoms with Crippen molar-refractivity contribution in [3.05, 3.63) is 24.2 Å². The molecule has 1 aliphatic heterocycles. The zero-order valence-electron chi connectivity index (χ0n) is 13.9. The monoisotopic (exact) mass is 318 g/mol. The van der Waals surface area contributed by atoms with E-state index < -0.39 is 5.79 Å². The van der Waals surface area contributed by atoms with Crippen molar-refractivity contribution in [2.24, 2.45) is 0 Å². The predicted molar refractivity (Wildman–Crippen MR) is 85.2 cm³/mol. The molecule has 124 valence electrons. The van der Waals surface area contributed by atoms with Crippen LogP contribution in [0.4, 0.5) is 0 Å². The van der Waals surface area contributed by atoms with Crippen LogP contribution in [0.3, 0.4) is 0 Å². The normalized spacial score (nSPS) is 20.3. The zero-order chi connectivity index (χ0) is 16.6. The minimum Gasteiger partial charge on any atom is -0.349 e. The van der Waals surface area contributed by atoms with E-state index >= 15 is 0 Å². The summed E-state index contributed by atoms with van der Waals surface area (Å²) in [6.45, 7) is 8.72. The number of nitrogens with zero attached hydrogens (tertiary/aromatic N) is 3.